The number of aromatic amines is 1. The molecule has 2 N–H and O–H groups in total. The van der Waals surface area contributed by atoms with Gasteiger partial charge in [-0.05, 0) is 26.3 Å². The fourth-order valence-corrected chi connectivity index (χ4v) is 2.16. The van der Waals surface area contributed by atoms with Gasteiger partial charge >= 0.3 is 0 Å². The van der Waals surface area contributed by atoms with Crippen LogP contribution >= 0.6 is 0 Å². The smallest absolute Gasteiger partial charge is 0.251 e. The van der Waals surface area contributed by atoms with Crippen molar-refractivity contribution in [2.75, 3.05) is 13.1 Å². The minimum absolute atomic E-state index is 0.0112. The normalized spacial score (nSPS) is 26.5. The predicted octanol–water partition coefficient (Wildman–Crippen LogP) is 0.719. The van der Waals surface area contributed by atoms with E-state index >= 15 is 0 Å². The van der Waals surface area contributed by atoms with Gasteiger partial charge in [0.25, 0.3) is 5.56 Å². The summed E-state index contributed by atoms with van der Waals surface area (Å²) in [6.07, 6.45) is 2.24. The number of aryl methyl sites for hydroxylation is 1. The van der Waals surface area contributed by atoms with E-state index in [0.717, 1.165) is 31.6 Å². The monoisotopic (exact) mass is 207 g/mol. The van der Waals surface area contributed by atoms with Gasteiger partial charge in [-0.1, -0.05) is 6.92 Å². The lowest BCUT2D eigenvalue weighted by molar-refractivity contribution is 0.331. The molecule has 2 heterocycles. The van der Waals surface area contributed by atoms with Gasteiger partial charge in [-0.3, -0.25) is 4.79 Å². The van der Waals surface area contributed by atoms with Crippen LogP contribution in [-0.2, 0) is 5.41 Å². The molecule has 1 atom stereocenters. The first kappa shape index (κ1) is 10.4. The number of hydrogen-bond donors (Lipinski definition) is 2. The van der Waals surface area contributed by atoms with E-state index in [1.807, 2.05) is 6.92 Å². The van der Waals surface area contributed by atoms with E-state index in [-0.39, 0.29) is 11.0 Å². The van der Waals surface area contributed by atoms with Crippen LogP contribution in [0.3, 0.4) is 0 Å². The summed E-state index contributed by atoms with van der Waals surface area (Å²) in [6.45, 7) is 5.96. The van der Waals surface area contributed by atoms with Crippen LogP contribution in [0.5, 0.6) is 0 Å². The standard InChI is InChI=1S/C11H17N3O/c1-8-13-9(6-10(15)14-8)11(2)4-3-5-12-7-11/h6,12H,3-5,7H2,1-2H3,(H,13,14,15)/t11-/m0/s1. The van der Waals surface area contributed by atoms with Crippen LogP contribution in [0.2, 0.25) is 0 Å². The average Bonchev–Trinajstić information content (AvgIpc) is 2.17. The third kappa shape index (κ3) is 2.09. The summed E-state index contributed by atoms with van der Waals surface area (Å²) >= 11 is 0. The number of nitrogens with zero attached hydrogens (tertiary/aromatic N) is 1. The van der Waals surface area contributed by atoms with E-state index in [1.54, 1.807) is 6.07 Å². The maximum absolute atomic E-state index is 11.4. The van der Waals surface area contributed by atoms with Crippen molar-refractivity contribution < 1.29 is 0 Å². The van der Waals surface area contributed by atoms with Crippen LogP contribution < -0.4 is 10.9 Å². The Balaban J connectivity index is 2.38. The quantitative estimate of drug-likeness (QED) is 0.713. The minimum atomic E-state index is -0.0516. The highest BCUT2D eigenvalue weighted by Crippen LogP contribution is 2.28. The van der Waals surface area contributed by atoms with Crippen LogP contribution in [0.1, 0.15) is 31.3 Å². The summed E-state index contributed by atoms with van der Waals surface area (Å²) in [5.74, 6) is 0.698. The summed E-state index contributed by atoms with van der Waals surface area (Å²) in [5.41, 5.74) is 0.873. The molecular formula is C11H17N3O. The Kier molecular flexibility index (Phi) is 2.61. The van der Waals surface area contributed by atoms with E-state index in [0.29, 0.717) is 5.82 Å². The van der Waals surface area contributed by atoms with Crippen molar-refractivity contribution in [2.45, 2.75) is 32.1 Å². The largest absolute Gasteiger partial charge is 0.316 e. The molecule has 2 rings (SSSR count). The maximum Gasteiger partial charge on any atom is 0.251 e. The highest BCUT2D eigenvalue weighted by atomic mass is 16.1. The maximum atomic E-state index is 11.4. The number of aromatic nitrogens is 2. The van der Waals surface area contributed by atoms with Crippen molar-refractivity contribution in [1.82, 2.24) is 15.3 Å². The van der Waals surface area contributed by atoms with Gasteiger partial charge in [0.1, 0.15) is 5.82 Å². The Morgan fingerprint density at radius 3 is 2.93 bits per heavy atom. The SMILES string of the molecule is Cc1nc([C@@]2(C)CCCNC2)cc(=O)[nH]1. The van der Waals surface area contributed by atoms with Crippen molar-refractivity contribution in [3.8, 4) is 0 Å². The van der Waals surface area contributed by atoms with Gasteiger partial charge in [-0.15, -0.1) is 0 Å². The van der Waals surface area contributed by atoms with Gasteiger partial charge in [0.15, 0.2) is 0 Å². The Hall–Kier alpha value is -1.16. The molecule has 1 saturated heterocycles. The van der Waals surface area contributed by atoms with Crippen LogP contribution in [0.25, 0.3) is 0 Å². The second-order valence-corrected chi connectivity index (χ2v) is 4.56. The van der Waals surface area contributed by atoms with Gasteiger partial charge in [-0.25, -0.2) is 4.98 Å². The highest BCUT2D eigenvalue weighted by molar-refractivity contribution is 5.16. The molecular weight excluding hydrogens is 190 g/mol. The molecule has 1 aromatic rings. The molecule has 0 saturated carbocycles. The molecule has 0 amide bonds. The van der Waals surface area contributed by atoms with Crippen molar-refractivity contribution in [3.63, 3.8) is 0 Å². The van der Waals surface area contributed by atoms with Gasteiger partial charge in [0, 0.05) is 18.0 Å². The molecule has 0 bridgehead atoms. The zero-order chi connectivity index (χ0) is 10.9. The van der Waals surface area contributed by atoms with Crippen molar-refractivity contribution >= 4 is 0 Å². The first-order chi connectivity index (χ1) is 7.10. The van der Waals surface area contributed by atoms with E-state index < -0.39 is 0 Å². The van der Waals surface area contributed by atoms with Crippen molar-refractivity contribution in [1.29, 1.82) is 0 Å². The molecule has 0 spiro atoms. The van der Waals surface area contributed by atoms with E-state index in [9.17, 15) is 4.79 Å². The van der Waals surface area contributed by atoms with Crippen LogP contribution in [0, 0.1) is 6.92 Å². The summed E-state index contributed by atoms with van der Waals surface area (Å²) in [6, 6.07) is 1.62. The van der Waals surface area contributed by atoms with E-state index in [1.165, 1.54) is 0 Å². The number of rotatable bonds is 1. The van der Waals surface area contributed by atoms with Crippen LogP contribution in [-0.4, -0.2) is 23.1 Å². The molecule has 4 nitrogen and oxygen atoms in total. The number of hydrogen-bond acceptors (Lipinski definition) is 3. The lowest BCUT2D eigenvalue weighted by atomic mass is 9.79. The molecule has 0 radical (unpaired) electrons. The Labute approximate surface area is 89.1 Å². The van der Waals surface area contributed by atoms with E-state index in [2.05, 4.69) is 22.2 Å². The number of piperidine rings is 1. The molecule has 1 aliphatic rings. The molecule has 15 heavy (non-hydrogen) atoms. The third-order valence-electron chi connectivity index (χ3n) is 3.08. The van der Waals surface area contributed by atoms with Crippen LogP contribution in [0.4, 0.5) is 0 Å². The number of nitrogens with one attached hydrogen (secondary N) is 2. The zero-order valence-electron chi connectivity index (χ0n) is 9.26. The van der Waals surface area contributed by atoms with Crippen molar-refractivity contribution in [2.24, 2.45) is 0 Å². The summed E-state index contributed by atoms with van der Waals surface area (Å²) in [4.78, 5) is 18.5. The van der Waals surface area contributed by atoms with Crippen molar-refractivity contribution in [3.05, 3.63) is 27.9 Å². The Bertz CT molecular complexity index is 405. The summed E-state index contributed by atoms with van der Waals surface area (Å²) in [5, 5.41) is 3.36. The fourth-order valence-electron chi connectivity index (χ4n) is 2.16. The first-order valence-corrected chi connectivity index (χ1v) is 5.39. The molecule has 1 aliphatic heterocycles. The fraction of sp³-hybridized carbons (Fsp3) is 0.636. The van der Waals surface area contributed by atoms with Crippen LogP contribution in [0.15, 0.2) is 10.9 Å². The molecule has 1 aromatic heterocycles. The van der Waals surface area contributed by atoms with Gasteiger partial charge in [0.05, 0.1) is 5.69 Å². The predicted molar refractivity (Wildman–Crippen MR) is 59.1 cm³/mol. The van der Waals surface area contributed by atoms with E-state index in [4.69, 9.17) is 0 Å². The second-order valence-electron chi connectivity index (χ2n) is 4.56. The lowest BCUT2D eigenvalue weighted by Crippen LogP contribution is -2.42. The minimum Gasteiger partial charge on any atom is -0.316 e. The molecule has 4 heteroatoms. The molecule has 82 valence electrons. The summed E-state index contributed by atoms with van der Waals surface area (Å²) < 4.78 is 0. The average molecular weight is 207 g/mol. The molecule has 1 fully saturated rings. The highest BCUT2D eigenvalue weighted by Gasteiger charge is 2.30. The number of H-pyrrole nitrogens is 1. The first-order valence-electron chi connectivity index (χ1n) is 5.39. The molecule has 0 aromatic carbocycles. The lowest BCUT2D eigenvalue weighted by Gasteiger charge is -2.33. The topological polar surface area (TPSA) is 57.8 Å². The summed E-state index contributed by atoms with van der Waals surface area (Å²) in [7, 11) is 0. The van der Waals surface area contributed by atoms with Gasteiger partial charge in [0.2, 0.25) is 0 Å². The third-order valence-corrected chi connectivity index (χ3v) is 3.08. The van der Waals surface area contributed by atoms with Gasteiger partial charge in [-0.2, -0.15) is 0 Å². The molecule has 0 unspecified atom stereocenters. The Morgan fingerprint density at radius 2 is 2.33 bits per heavy atom. The Morgan fingerprint density at radius 1 is 1.53 bits per heavy atom. The second kappa shape index (κ2) is 3.77. The van der Waals surface area contributed by atoms with Gasteiger partial charge < -0.3 is 10.3 Å². The molecule has 0 aliphatic carbocycles. The zero-order valence-corrected chi connectivity index (χ0v) is 9.26.